The molecule has 0 amide bonds. The Bertz CT molecular complexity index is 1200. The molecule has 0 aliphatic heterocycles. The Morgan fingerprint density at radius 3 is 2.56 bits per heavy atom. The van der Waals surface area contributed by atoms with E-state index < -0.39 is 0 Å². The van der Waals surface area contributed by atoms with E-state index in [1.54, 1.807) is 12.1 Å². The molecule has 4 nitrogen and oxygen atoms in total. The zero-order chi connectivity index (χ0) is 19.0. The second kappa shape index (κ2) is 6.88. The predicted molar refractivity (Wildman–Crippen MR) is 105 cm³/mol. The Labute approximate surface area is 161 Å². The summed E-state index contributed by atoms with van der Waals surface area (Å²) in [4.78, 5) is 4.56. The third kappa shape index (κ3) is 2.97. The Kier molecular flexibility index (Phi) is 4.41. The lowest BCUT2D eigenvalue weighted by molar-refractivity contribution is 0.282. The van der Waals surface area contributed by atoms with Gasteiger partial charge >= 0.3 is 0 Å². The van der Waals surface area contributed by atoms with Crippen LogP contribution in [0.2, 0.25) is 5.02 Å². The molecule has 1 heterocycles. The average molecular weight is 375 g/mol. The van der Waals surface area contributed by atoms with Crippen molar-refractivity contribution in [1.29, 1.82) is 5.26 Å². The van der Waals surface area contributed by atoms with Gasteiger partial charge in [0.05, 0.1) is 12.2 Å². The monoisotopic (exact) mass is 374 g/mol. The summed E-state index contributed by atoms with van der Waals surface area (Å²) in [6.45, 7) is 1.83. The van der Waals surface area contributed by atoms with Gasteiger partial charge in [-0.05, 0) is 47.9 Å². The number of oxazole rings is 1. The molecule has 132 valence electrons. The molecule has 0 fully saturated rings. The summed E-state index contributed by atoms with van der Waals surface area (Å²) < 4.78 is 5.93. The van der Waals surface area contributed by atoms with Gasteiger partial charge in [0.2, 0.25) is 5.89 Å². The van der Waals surface area contributed by atoms with Gasteiger partial charge in [-0.15, -0.1) is 0 Å². The highest BCUT2D eigenvalue weighted by atomic mass is 35.5. The molecule has 0 radical (unpaired) electrons. The molecule has 3 aromatic carbocycles. The van der Waals surface area contributed by atoms with E-state index in [9.17, 15) is 10.4 Å². The fourth-order valence-corrected chi connectivity index (χ4v) is 3.46. The molecule has 0 aliphatic rings. The van der Waals surface area contributed by atoms with E-state index in [1.165, 1.54) is 0 Å². The van der Waals surface area contributed by atoms with E-state index in [1.807, 2.05) is 49.4 Å². The Hall–Kier alpha value is -3.13. The van der Waals surface area contributed by atoms with Crippen LogP contribution in [0, 0.1) is 18.3 Å². The summed E-state index contributed by atoms with van der Waals surface area (Å²) in [7, 11) is 0. The van der Waals surface area contributed by atoms with Crippen molar-refractivity contribution in [3.05, 3.63) is 76.3 Å². The van der Waals surface area contributed by atoms with Crippen molar-refractivity contribution in [2.24, 2.45) is 0 Å². The van der Waals surface area contributed by atoms with Crippen LogP contribution >= 0.6 is 11.6 Å². The molecule has 0 saturated carbocycles. The highest BCUT2D eigenvalue weighted by Gasteiger charge is 2.17. The number of benzene rings is 3. The number of halogens is 1. The highest BCUT2D eigenvalue weighted by molar-refractivity contribution is 6.33. The van der Waals surface area contributed by atoms with Gasteiger partial charge in [-0.25, -0.2) is 4.98 Å². The van der Waals surface area contributed by atoms with Crippen LogP contribution in [0.15, 0.2) is 59.0 Å². The van der Waals surface area contributed by atoms with Gasteiger partial charge in [-0.3, -0.25) is 0 Å². The Balaban J connectivity index is 1.91. The van der Waals surface area contributed by atoms with E-state index in [0.717, 1.165) is 22.3 Å². The summed E-state index contributed by atoms with van der Waals surface area (Å²) in [6, 6.07) is 19.0. The maximum Gasteiger partial charge on any atom is 0.227 e. The molecule has 0 aliphatic carbocycles. The summed E-state index contributed by atoms with van der Waals surface area (Å²) in [6.07, 6.45) is 0. The quantitative estimate of drug-likeness (QED) is 0.515. The first kappa shape index (κ1) is 17.3. The fourth-order valence-electron chi connectivity index (χ4n) is 3.22. The van der Waals surface area contributed by atoms with Crippen molar-refractivity contribution in [2.45, 2.75) is 13.5 Å². The minimum atomic E-state index is -0.159. The van der Waals surface area contributed by atoms with Crippen molar-refractivity contribution < 1.29 is 9.52 Å². The van der Waals surface area contributed by atoms with Crippen molar-refractivity contribution in [3.63, 3.8) is 0 Å². The van der Waals surface area contributed by atoms with Crippen LogP contribution in [-0.2, 0) is 6.61 Å². The number of aliphatic hydroxyl groups is 1. The van der Waals surface area contributed by atoms with E-state index in [0.29, 0.717) is 33.1 Å². The highest BCUT2D eigenvalue weighted by Crippen LogP contribution is 2.36. The normalized spacial score (nSPS) is 10.9. The second-order valence-electron chi connectivity index (χ2n) is 6.24. The van der Waals surface area contributed by atoms with Crippen LogP contribution in [0.1, 0.15) is 16.7 Å². The van der Waals surface area contributed by atoms with Crippen LogP contribution in [0.5, 0.6) is 0 Å². The number of rotatable bonds is 3. The van der Waals surface area contributed by atoms with Crippen LogP contribution in [0.3, 0.4) is 0 Å². The first-order valence-electron chi connectivity index (χ1n) is 8.41. The molecular weight excluding hydrogens is 360 g/mol. The van der Waals surface area contributed by atoms with Crippen molar-refractivity contribution in [1.82, 2.24) is 4.98 Å². The molecular formula is C22H15ClN2O2. The van der Waals surface area contributed by atoms with Crippen molar-refractivity contribution in [2.75, 3.05) is 0 Å². The van der Waals surface area contributed by atoms with Gasteiger partial charge in [0.15, 0.2) is 5.58 Å². The van der Waals surface area contributed by atoms with Gasteiger partial charge < -0.3 is 9.52 Å². The van der Waals surface area contributed by atoms with Crippen LogP contribution < -0.4 is 0 Å². The molecule has 4 aromatic rings. The molecule has 5 heteroatoms. The van der Waals surface area contributed by atoms with E-state index in [2.05, 4.69) is 11.1 Å². The molecule has 1 aromatic heterocycles. The van der Waals surface area contributed by atoms with Gasteiger partial charge in [0.25, 0.3) is 0 Å². The van der Waals surface area contributed by atoms with Gasteiger partial charge in [0.1, 0.15) is 11.6 Å². The lowest BCUT2D eigenvalue weighted by atomic mass is 9.96. The molecule has 0 saturated heterocycles. The smallest absolute Gasteiger partial charge is 0.227 e. The average Bonchev–Trinajstić information content (AvgIpc) is 3.11. The van der Waals surface area contributed by atoms with E-state index >= 15 is 0 Å². The topological polar surface area (TPSA) is 70.1 Å². The summed E-state index contributed by atoms with van der Waals surface area (Å²) in [5.41, 5.74) is 5.71. The van der Waals surface area contributed by atoms with Crippen molar-refractivity contribution >= 4 is 22.7 Å². The predicted octanol–water partition coefficient (Wildman–Crippen LogP) is 5.49. The van der Waals surface area contributed by atoms with E-state index in [4.69, 9.17) is 16.0 Å². The Morgan fingerprint density at radius 1 is 1.07 bits per heavy atom. The first-order valence-corrected chi connectivity index (χ1v) is 8.79. The molecule has 0 unspecified atom stereocenters. The lowest BCUT2D eigenvalue weighted by Crippen LogP contribution is -1.89. The number of fused-ring (bicyclic) bond motifs is 1. The maximum atomic E-state index is 9.39. The molecule has 0 bridgehead atoms. The number of aliphatic hydroxyl groups excluding tert-OH is 1. The number of hydrogen-bond acceptors (Lipinski definition) is 4. The third-order valence-corrected chi connectivity index (χ3v) is 4.91. The van der Waals surface area contributed by atoms with Crippen LogP contribution in [0.4, 0.5) is 0 Å². The fraction of sp³-hybridized carbons (Fsp3) is 0.0909. The zero-order valence-corrected chi connectivity index (χ0v) is 15.3. The number of hydrogen-bond donors (Lipinski definition) is 1. The van der Waals surface area contributed by atoms with Gasteiger partial charge in [-0.1, -0.05) is 41.9 Å². The molecule has 1 N–H and O–H groups in total. The SMILES string of the molecule is Cc1c(-c2nc3cc(CO)cc(C#N)c3o2)cccc1-c1ccccc1Cl. The van der Waals surface area contributed by atoms with Crippen LogP contribution in [-0.4, -0.2) is 10.1 Å². The molecule has 27 heavy (non-hydrogen) atoms. The largest absolute Gasteiger partial charge is 0.435 e. The first-order chi connectivity index (χ1) is 13.1. The summed E-state index contributed by atoms with van der Waals surface area (Å²) >= 11 is 6.37. The number of nitriles is 1. The molecule has 0 atom stereocenters. The van der Waals surface area contributed by atoms with Gasteiger partial charge in [-0.2, -0.15) is 5.26 Å². The number of nitrogens with zero attached hydrogens (tertiary/aromatic N) is 2. The maximum absolute atomic E-state index is 9.39. The third-order valence-electron chi connectivity index (χ3n) is 4.58. The molecule has 4 rings (SSSR count). The van der Waals surface area contributed by atoms with Crippen molar-refractivity contribution in [3.8, 4) is 28.7 Å². The number of aromatic nitrogens is 1. The molecule has 0 spiro atoms. The minimum absolute atomic E-state index is 0.159. The van der Waals surface area contributed by atoms with E-state index in [-0.39, 0.29) is 6.61 Å². The standard InChI is InChI=1S/C22H15ClN2O2/c1-13-16(18-5-2-3-8-19(18)23)6-4-7-17(13)22-25-20-10-14(12-26)9-15(11-24)21(20)27-22/h2-10,26H,12H2,1H3. The zero-order valence-electron chi connectivity index (χ0n) is 14.5. The van der Waals surface area contributed by atoms with Gasteiger partial charge in [0, 0.05) is 16.1 Å². The summed E-state index contributed by atoms with van der Waals surface area (Å²) in [5.74, 6) is 0.433. The second-order valence-corrected chi connectivity index (χ2v) is 6.65. The lowest BCUT2D eigenvalue weighted by Gasteiger charge is -2.10. The van der Waals surface area contributed by atoms with Crippen LogP contribution in [0.25, 0.3) is 33.7 Å². The summed E-state index contributed by atoms with van der Waals surface area (Å²) in [5, 5.41) is 19.4. The Morgan fingerprint density at radius 2 is 1.81 bits per heavy atom. The minimum Gasteiger partial charge on any atom is -0.435 e.